The van der Waals surface area contributed by atoms with Gasteiger partial charge in [-0.3, -0.25) is 0 Å². The van der Waals surface area contributed by atoms with E-state index in [1.54, 1.807) is 0 Å². The van der Waals surface area contributed by atoms with Gasteiger partial charge in [-0.25, -0.2) is 0 Å². The van der Waals surface area contributed by atoms with Crippen molar-refractivity contribution in [2.45, 2.75) is 38.0 Å². The number of ether oxygens (including phenoxy) is 1. The molecule has 2 rings (SSSR count). The molecule has 1 heterocycles. The van der Waals surface area contributed by atoms with Crippen molar-refractivity contribution in [1.82, 2.24) is 0 Å². The number of rotatable bonds is 4. The molecule has 0 aliphatic carbocycles. The zero-order valence-electron chi connectivity index (χ0n) is 10.6. The van der Waals surface area contributed by atoms with E-state index in [9.17, 15) is 0 Å². The van der Waals surface area contributed by atoms with Crippen molar-refractivity contribution in [3.05, 3.63) is 24.3 Å². The molecule has 1 aromatic rings. The molecule has 1 aromatic carbocycles. The van der Waals surface area contributed by atoms with E-state index in [1.807, 2.05) is 19.1 Å². The smallest absolute Gasteiger partial charge is 0.121 e. The summed E-state index contributed by atoms with van der Waals surface area (Å²) in [5, 5.41) is 4.32. The molecule has 2 unspecified atom stereocenters. The molecular formula is C14H21NOS. The van der Waals surface area contributed by atoms with E-state index in [2.05, 4.69) is 36.1 Å². The summed E-state index contributed by atoms with van der Waals surface area (Å²) in [4.78, 5) is 0. The Morgan fingerprint density at radius 1 is 1.47 bits per heavy atom. The van der Waals surface area contributed by atoms with Crippen LogP contribution in [0.2, 0.25) is 0 Å². The SMILES string of the molecule is CCOc1cccc(NC2CCCSC2C)c1. The van der Waals surface area contributed by atoms with E-state index in [4.69, 9.17) is 4.74 Å². The highest BCUT2D eigenvalue weighted by Gasteiger charge is 2.21. The predicted octanol–water partition coefficient (Wildman–Crippen LogP) is 3.78. The minimum Gasteiger partial charge on any atom is -0.494 e. The van der Waals surface area contributed by atoms with Crippen molar-refractivity contribution in [3.63, 3.8) is 0 Å². The number of benzene rings is 1. The third-order valence-electron chi connectivity index (χ3n) is 3.10. The van der Waals surface area contributed by atoms with Gasteiger partial charge in [0.05, 0.1) is 6.61 Å². The first-order valence-corrected chi connectivity index (χ1v) is 7.45. The lowest BCUT2D eigenvalue weighted by atomic mass is 10.1. The Hall–Kier alpha value is -0.830. The quantitative estimate of drug-likeness (QED) is 0.880. The zero-order valence-corrected chi connectivity index (χ0v) is 11.4. The minimum absolute atomic E-state index is 0.589. The first-order valence-electron chi connectivity index (χ1n) is 6.40. The Morgan fingerprint density at radius 2 is 2.35 bits per heavy atom. The zero-order chi connectivity index (χ0) is 12.1. The van der Waals surface area contributed by atoms with Crippen LogP contribution in [0.3, 0.4) is 0 Å². The van der Waals surface area contributed by atoms with Crippen LogP contribution in [0.25, 0.3) is 0 Å². The summed E-state index contributed by atoms with van der Waals surface area (Å²) in [5.74, 6) is 2.26. The highest BCUT2D eigenvalue weighted by atomic mass is 32.2. The Bertz CT molecular complexity index is 356. The molecule has 0 spiro atoms. The van der Waals surface area contributed by atoms with Gasteiger partial charge in [0.1, 0.15) is 5.75 Å². The second-order valence-corrected chi connectivity index (χ2v) is 5.91. The second kappa shape index (κ2) is 6.20. The van der Waals surface area contributed by atoms with Crippen LogP contribution in [0.1, 0.15) is 26.7 Å². The molecule has 94 valence electrons. The Morgan fingerprint density at radius 3 is 3.12 bits per heavy atom. The molecule has 0 amide bonds. The number of hydrogen-bond donors (Lipinski definition) is 1. The standard InChI is InChI=1S/C14H21NOS/c1-3-16-13-7-4-6-12(10-13)15-14-8-5-9-17-11(14)2/h4,6-7,10-11,14-15H,3,5,8-9H2,1-2H3. The number of nitrogens with one attached hydrogen (secondary N) is 1. The van der Waals surface area contributed by atoms with Crippen LogP contribution in [0.4, 0.5) is 5.69 Å². The van der Waals surface area contributed by atoms with Gasteiger partial charge in [-0.05, 0) is 37.7 Å². The average molecular weight is 251 g/mol. The largest absolute Gasteiger partial charge is 0.494 e. The third-order valence-corrected chi connectivity index (χ3v) is 4.48. The van der Waals surface area contributed by atoms with Gasteiger partial charge in [0.2, 0.25) is 0 Å². The molecule has 0 bridgehead atoms. The Labute approximate surface area is 108 Å². The van der Waals surface area contributed by atoms with Crippen LogP contribution in [-0.2, 0) is 0 Å². The number of thioether (sulfide) groups is 1. The number of hydrogen-bond acceptors (Lipinski definition) is 3. The van der Waals surface area contributed by atoms with Gasteiger partial charge in [-0.2, -0.15) is 11.8 Å². The van der Waals surface area contributed by atoms with Gasteiger partial charge < -0.3 is 10.1 Å². The van der Waals surface area contributed by atoms with Gasteiger partial charge in [-0.15, -0.1) is 0 Å². The van der Waals surface area contributed by atoms with Crippen molar-refractivity contribution < 1.29 is 4.74 Å². The molecule has 3 heteroatoms. The molecule has 0 aromatic heterocycles. The van der Waals surface area contributed by atoms with Crippen molar-refractivity contribution >= 4 is 17.4 Å². The fourth-order valence-corrected chi connectivity index (χ4v) is 3.31. The lowest BCUT2D eigenvalue weighted by Gasteiger charge is -2.30. The van der Waals surface area contributed by atoms with Crippen LogP contribution in [0, 0.1) is 0 Å². The topological polar surface area (TPSA) is 21.3 Å². The van der Waals surface area contributed by atoms with Crippen molar-refractivity contribution in [2.24, 2.45) is 0 Å². The first kappa shape index (κ1) is 12.6. The summed E-state index contributed by atoms with van der Waals surface area (Å²) in [6, 6.07) is 8.86. The summed E-state index contributed by atoms with van der Waals surface area (Å²) < 4.78 is 5.52. The predicted molar refractivity (Wildman–Crippen MR) is 76.2 cm³/mol. The average Bonchev–Trinajstić information content (AvgIpc) is 2.33. The van der Waals surface area contributed by atoms with Crippen LogP contribution in [0.5, 0.6) is 5.75 Å². The van der Waals surface area contributed by atoms with Crippen molar-refractivity contribution in [2.75, 3.05) is 17.7 Å². The van der Waals surface area contributed by atoms with E-state index in [0.717, 1.165) is 12.4 Å². The molecule has 1 saturated heterocycles. The molecular weight excluding hydrogens is 230 g/mol. The van der Waals surface area contributed by atoms with Gasteiger partial charge >= 0.3 is 0 Å². The fourth-order valence-electron chi connectivity index (χ4n) is 2.17. The highest BCUT2D eigenvalue weighted by Crippen LogP contribution is 2.28. The van der Waals surface area contributed by atoms with E-state index in [0.29, 0.717) is 11.3 Å². The van der Waals surface area contributed by atoms with Crippen LogP contribution >= 0.6 is 11.8 Å². The second-order valence-electron chi connectivity index (χ2n) is 4.43. The van der Waals surface area contributed by atoms with Crippen LogP contribution < -0.4 is 10.1 Å². The van der Waals surface area contributed by atoms with Crippen molar-refractivity contribution in [1.29, 1.82) is 0 Å². The Kier molecular flexibility index (Phi) is 4.60. The molecule has 2 atom stereocenters. The lowest BCUT2D eigenvalue weighted by molar-refractivity contribution is 0.340. The molecule has 1 aliphatic rings. The normalized spacial score (nSPS) is 24.4. The monoisotopic (exact) mass is 251 g/mol. The summed E-state index contributed by atoms with van der Waals surface area (Å²) in [6.45, 7) is 5.05. The first-order chi connectivity index (χ1) is 8.29. The molecule has 2 nitrogen and oxygen atoms in total. The van der Waals surface area contributed by atoms with Crippen LogP contribution in [0.15, 0.2) is 24.3 Å². The molecule has 1 aliphatic heterocycles. The van der Waals surface area contributed by atoms with Gasteiger partial charge in [0.25, 0.3) is 0 Å². The summed E-state index contributed by atoms with van der Waals surface area (Å²) in [5.41, 5.74) is 1.18. The van der Waals surface area contributed by atoms with Gasteiger partial charge in [0.15, 0.2) is 0 Å². The fraction of sp³-hybridized carbons (Fsp3) is 0.571. The molecule has 0 radical (unpaired) electrons. The van der Waals surface area contributed by atoms with Gasteiger partial charge in [0, 0.05) is 23.0 Å². The summed E-state index contributed by atoms with van der Waals surface area (Å²) in [7, 11) is 0. The van der Waals surface area contributed by atoms with Crippen molar-refractivity contribution in [3.8, 4) is 5.75 Å². The minimum atomic E-state index is 0.589. The molecule has 17 heavy (non-hydrogen) atoms. The van der Waals surface area contributed by atoms with E-state index >= 15 is 0 Å². The lowest BCUT2D eigenvalue weighted by Crippen LogP contribution is -2.32. The summed E-state index contributed by atoms with van der Waals surface area (Å²) >= 11 is 2.07. The van der Waals surface area contributed by atoms with E-state index < -0.39 is 0 Å². The summed E-state index contributed by atoms with van der Waals surface area (Å²) in [6.07, 6.45) is 2.59. The maximum atomic E-state index is 5.52. The molecule has 1 fully saturated rings. The number of anilines is 1. The Balaban J connectivity index is 1.99. The van der Waals surface area contributed by atoms with Gasteiger partial charge in [-0.1, -0.05) is 13.0 Å². The third kappa shape index (κ3) is 3.56. The molecule has 1 N–H and O–H groups in total. The molecule has 0 saturated carbocycles. The maximum Gasteiger partial charge on any atom is 0.121 e. The maximum absolute atomic E-state index is 5.52. The van der Waals surface area contributed by atoms with E-state index in [-0.39, 0.29) is 0 Å². The van der Waals surface area contributed by atoms with Crippen LogP contribution in [-0.4, -0.2) is 23.7 Å². The van der Waals surface area contributed by atoms with E-state index in [1.165, 1.54) is 24.3 Å². The highest BCUT2D eigenvalue weighted by molar-refractivity contribution is 8.00.